The molecule has 2 nitrogen and oxygen atoms in total. The summed E-state index contributed by atoms with van der Waals surface area (Å²) < 4.78 is 5.89. The van der Waals surface area contributed by atoms with Crippen LogP contribution < -0.4 is 0 Å². The zero-order valence-corrected chi connectivity index (χ0v) is 11.2. The summed E-state index contributed by atoms with van der Waals surface area (Å²) in [5, 5.41) is 0. The minimum absolute atomic E-state index is 0.122. The van der Waals surface area contributed by atoms with Crippen LogP contribution in [0.3, 0.4) is 0 Å². The normalized spacial score (nSPS) is 42.8. The van der Waals surface area contributed by atoms with E-state index >= 15 is 0 Å². The second kappa shape index (κ2) is 4.71. The van der Waals surface area contributed by atoms with E-state index in [1.807, 2.05) is 0 Å². The van der Waals surface area contributed by atoms with Crippen LogP contribution in [0.15, 0.2) is 12.7 Å². The van der Waals surface area contributed by atoms with Crippen molar-refractivity contribution in [2.75, 3.05) is 0 Å². The molecule has 0 heterocycles. The lowest BCUT2D eigenvalue weighted by atomic mass is 9.71. The maximum Gasteiger partial charge on any atom is 0.330 e. The zero-order valence-electron chi connectivity index (χ0n) is 11.2. The third kappa shape index (κ3) is 1.90. The maximum atomic E-state index is 11.7. The fourth-order valence-corrected chi connectivity index (χ4v) is 4.97. The molecule has 18 heavy (non-hydrogen) atoms. The van der Waals surface area contributed by atoms with Crippen molar-refractivity contribution >= 4 is 5.97 Å². The van der Waals surface area contributed by atoms with Crippen LogP contribution in [-0.4, -0.2) is 11.6 Å². The lowest BCUT2D eigenvalue weighted by Crippen LogP contribution is -2.42. The summed E-state index contributed by atoms with van der Waals surface area (Å²) in [5.41, 5.74) is -0.122. The SMILES string of the molecule is C=CC(=O)OC12CCCCC1C1CCCCC1C2. The van der Waals surface area contributed by atoms with Gasteiger partial charge in [-0.3, -0.25) is 0 Å². The standard InChI is InChI=1S/C16H24O2/c1-2-15(17)18-16-10-6-5-9-14(16)13-8-4-3-7-12(13)11-16/h2,12-14H,1,3-11H2. The number of carbonyl (C=O) groups is 1. The van der Waals surface area contributed by atoms with Gasteiger partial charge in [0, 0.05) is 12.0 Å². The molecule has 3 aliphatic rings. The van der Waals surface area contributed by atoms with Crippen molar-refractivity contribution < 1.29 is 9.53 Å². The van der Waals surface area contributed by atoms with Crippen LogP contribution >= 0.6 is 0 Å². The molecule has 0 aromatic carbocycles. The fraction of sp³-hybridized carbons (Fsp3) is 0.812. The number of esters is 1. The first kappa shape index (κ1) is 12.3. The van der Waals surface area contributed by atoms with Gasteiger partial charge in [-0.15, -0.1) is 0 Å². The summed E-state index contributed by atoms with van der Waals surface area (Å²) in [6, 6.07) is 0. The molecule has 4 atom stereocenters. The molecule has 3 rings (SSSR count). The van der Waals surface area contributed by atoms with Crippen molar-refractivity contribution in [2.24, 2.45) is 17.8 Å². The molecule has 0 saturated heterocycles. The number of hydrogen-bond donors (Lipinski definition) is 0. The van der Waals surface area contributed by atoms with Gasteiger partial charge in [0.2, 0.25) is 0 Å². The summed E-state index contributed by atoms with van der Waals surface area (Å²) in [4.78, 5) is 11.7. The Morgan fingerprint density at radius 2 is 1.94 bits per heavy atom. The van der Waals surface area contributed by atoms with Crippen molar-refractivity contribution in [2.45, 2.75) is 63.4 Å². The molecule has 0 radical (unpaired) electrons. The van der Waals surface area contributed by atoms with E-state index < -0.39 is 0 Å². The Hall–Kier alpha value is -0.790. The Bertz CT molecular complexity index is 349. The first-order valence-electron chi connectivity index (χ1n) is 7.60. The van der Waals surface area contributed by atoms with Gasteiger partial charge < -0.3 is 4.74 Å². The molecule has 3 aliphatic carbocycles. The highest BCUT2D eigenvalue weighted by Crippen LogP contribution is 2.57. The van der Waals surface area contributed by atoms with Crippen molar-refractivity contribution in [3.8, 4) is 0 Å². The van der Waals surface area contributed by atoms with E-state index in [1.54, 1.807) is 0 Å². The van der Waals surface area contributed by atoms with Crippen molar-refractivity contribution in [3.05, 3.63) is 12.7 Å². The molecule has 0 bridgehead atoms. The monoisotopic (exact) mass is 248 g/mol. The van der Waals surface area contributed by atoms with E-state index in [0.29, 0.717) is 5.92 Å². The predicted octanol–water partition coefficient (Wildman–Crippen LogP) is 3.85. The van der Waals surface area contributed by atoms with Gasteiger partial charge in [-0.25, -0.2) is 4.79 Å². The molecular weight excluding hydrogens is 224 g/mol. The van der Waals surface area contributed by atoms with Crippen LogP contribution in [0.5, 0.6) is 0 Å². The van der Waals surface area contributed by atoms with E-state index in [1.165, 1.54) is 51.0 Å². The molecule has 0 aromatic heterocycles. The first-order valence-corrected chi connectivity index (χ1v) is 7.60. The Labute approximate surface area is 110 Å². The highest BCUT2D eigenvalue weighted by Gasteiger charge is 2.56. The largest absolute Gasteiger partial charge is 0.456 e. The number of rotatable bonds is 2. The zero-order chi connectivity index (χ0) is 12.6. The van der Waals surface area contributed by atoms with Gasteiger partial charge in [-0.2, -0.15) is 0 Å². The van der Waals surface area contributed by atoms with Gasteiger partial charge in [-0.1, -0.05) is 32.3 Å². The number of ether oxygens (including phenoxy) is 1. The molecule has 0 spiro atoms. The predicted molar refractivity (Wildman–Crippen MR) is 71.0 cm³/mol. The Morgan fingerprint density at radius 3 is 2.78 bits per heavy atom. The highest BCUT2D eigenvalue weighted by molar-refractivity contribution is 5.81. The van der Waals surface area contributed by atoms with Crippen LogP contribution in [0, 0.1) is 17.8 Å². The summed E-state index contributed by atoms with van der Waals surface area (Å²) in [7, 11) is 0. The summed E-state index contributed by atoms with van der Waals surface area (Å²) in [6.07, 6.45) is 12.8. The van der Waals surface area contributed by atoms with E-state index in [2.05, 4.69) is 6.58 Å². The second-order valence-corrected chi connectivity index (χ2v) is 6.45. The Kier molecular flexibility index (Phi) is 3.21. The third-order valence-corrected chi connectivity index (χ3v) is 5.60. The molecule has 3 fully saturated rings. The molecule has 100 valence electrons. The minimum atomic E-state index is -0.208. The first-order chi connectivity index (χ1) is 8.75. The van der Waals surface area contributed by atoms with E-state index in [4.69, 9.17) is 4.74 Å². The van der Waals surface area contributed by atoms with Gasteiger partial charge in [0.25, 0.3) is 0 Å². The average molecular weight is 248 g/mol. The van der Waals surface area contributed by atoms with Crippen molar-refractivity contribution in [1.82, 2.24) is 0 Å². The van der Waals surface area contributed by atoms with E-state index in [-0.39, 0.29) is 11.6 Å². The topological polar surface area (TPSA) is 26.3 Å². The molecule has 0 aliphatic heterocycles. The fourth-order valence-electron chi connectivity index (χ4n) is 4.97. The van der Waals surface area contributed by atoms with Gasteiger partial charge in [0.15, 0.2) is 0 Å². The smallest absolute Gasteiger partial charge is 0.330 e. The van der Waals surface area contributed by atoms with Gasteiger partial charge in [-0.05, 0) is 43.9 Å². The van der Waals surface area contributed by atoms with Crippen LogP contribution in [0.25, 0.3) is 0 Å². The molecule has 0 aromatic rings. The van der Waals surface area contributed by atoms with Gasteiger partial charge in [0.05, 0.1) is 0 Å². The molecule has 0 N–H and O–H groups in total. The number of carbonyl (C=O) groups excluding carboxylic acids is 1. The summed E-state index contributed by atoms with van der Waals surface area (Å²) in [5.74, 6) is 2.08. The van der Waals surface area contributed by atoms with E-state index in [0.717, 1.165) is 24.7 Å². The number of hydrogen-bond acceptors (Lipinski definition) is 2. The van der Waals surface area contributed by atoms with Crippen LogP contribution in [0.2, 0.25) is 0 Å². The lowest BCUT2D eigenvalue weighted by Gasteiger charge is -2.40. The molecule has 4 unspecified atom stereocenters. The lowest BCUT2D eigenvalue weighted by molar-refractivity contribution is -0.162. The van der Waals surface area contributed by atoms with Gasteiger partial charge in [0.1, 0.15) is 5.60 Å². The Morgan fingerprint density at radius 1 is 1.17 bits per heavy atom. The number of fused-ring (bicyclic) bond motifs is 3. The summed E-state index contributed by atoms with van der Waals surface area (Å²) >= 11 is 0. The Balaban J connectivity index is 1.84. The van der Waals surface area contributed by atoms with Crippen LogP contribution in [-0.2, 0) is 9.53 Å². The minimum Gasteiger partial charge on any atom is -0.456 e. The third-order valence-electron chi connectivity index (χ3n) is 5.60. The maximum absolute atomic E-state index is 11.7. The molecule has 2 heteroatoms. The molecule has 3 saturated carbocycles. The highest BCUT2D eigenvalue weighted by atomic mass is 16.6. The quantitative estimate of drug-likeness (QED) is 0.548. The second-order valence-electron chi connectivity index (χ2n) is 6.45. The molecule has 0 amide bonds. The summed E-state index contributed by atoms with van der Waals surface area (Å²) in [6.45, 7) is 3.55. The van der Waals surface area contributed by atoms with Crippen LogP contribution in [0.4, 0.5) is 0 Å². The van der Waals surface area contributed by atoms with Crippen LogP contribution in [0.1, 0.15) is 57.8 Å². The van der Waals surface area contributed by atoms with Crippen molar-refractivity contribution in [3.63, 3.8) is 0 Å². The van der Waals surface area contributed by atoms with Gasteiger partial charge >= 0.3 is 5.97 Å². The molecular formula is C16H24O2. The van der Waals surface area contributed by atoms with Crippen molar-refractivity contribution in [1.29, 1.82) is 0 Å². The average Bonchev–Trinajstić information content (AvgIpc) is 2.72. The van der Waals surface area contributed by atoms with E-state index in [9.17, 15) is 4.79 Å².